The van der Waals surface area contributed by atoms with Gasteiger partial charge in [-0.2, -0.15) is 0 Å². The number of ketones is 1. The average molecular weight is 380 g/mol. The largest absolute Gasteiger partial charge is 0.456 e. The molecular formula is C23H25NO2S. The topological polar surface area (TPSA) is 29.5 Å². The van der Waals surface area contributed by atoms with Gasteiger partial charge < -0.3 is 9.64 Å². The van der Waals surface area contributed by atoms with Gasteiger partial charge in [0.05, 0.1) is 0 Å². The van der Waals surface area contributed by atoms with E-state index in [1.54, 1.807) is 18.7 Å². The number of para-hydroxylation sites is 1. The summed E-state index contributed by atoms with van der Waals surface area (Å²) in [6.45, 7) is 4.60. The third-order valence-electron chi connectivity index (χ3n) is 5.43. The Hall–Kier alpha value is -2.04. The van der Waals surface area contributed by atoms with E-state index in [1.165, 1.54) is 27.2 Å². The van der Waals surface area contributed by atoms with E-state index < -0.39 is 0 Å². The molecular weight excluding hydrogens is 354 g/mol. The molecule has 4 heteroatoms. The summed E-state index contributed by atoms with van der Waals surface area (Å²) >= 11 is 1.76. The maximum atomic E-state index is 11.3. The number of hydrogen-bond donors (Lipinski definition) is 0. The molecule has 1 saturated heterocycles. The highest BCUT2D eigenvalue weighted by Crippen LogP contribution is 2.47. The normalized spacial score (nSPS) is 16.5. The van der Waals surface area contributed by atoms with Crippen molar-refractivity contribution in [2.75, 3.05) is 25.9 Å². The minimum atomic E-state index is 0.274. The maximum Gasteiger partial charge on any atom is 0.135 e. The lowest BCUT2D eigenvalue weighted by Crippen LogP contribution is -2.32. The van der Waals surface area contributed by atoms with Gasteiger partial charge in [-0.15, -0.1) is 11.8 Å². The minimum absolute atomic E-state index is 0.274. The molecule has 0 N–H and O–H groups in total. The van der Waals surface area contributed by atoms with Gasteiger partial charge in [0.1, 0.15) is 17.3 Å². The molecule has 0 bridgehead atoms. The Morgan fingerprint density at radius 3 is 2.56 bits per heavy atom. The van der Waals surface area contributed by atoms with Crippen LogP contribution in [0.2, 0.25) is 0 Å². The standard InChI is InChI=1S/C23H25NO2S/c1-16(25)9-12-24-13-10-17(11-14-24)23-19-5-3-4-6-21(19)26-22-8-7-18(27-2)15-20(22)23/h3-8,15H,9-14H2,1-2H3. The lowest BCUT2D eigenvalue weighted by molar-refractivity contribution is -0.117. The zero-order valence-corrected chi connectivity index (χ0v) is 16.8. The van der Waals surface area contributed by atoms with Crippen molar-refractivity contribution >= 4 is 23.1 Å². The second-order valence-electron chi connectivity index (χ2n) is 7.23. The number of rotatable bonds is 4. The number of hydrogen-bond acceptors (Lipinski definition) is 4. The highest BCUT2D eigenvalue weighted by Gasteiger charge is 2.26. The Balaban J connectivity index is 1.70. The zero-order valence-electron chi connectivity index (χ0n) is 16.0. The zero-order chi connectivity index (χ0) is 18.8. The van der Waals surface area contributed by atoms with Gasteiger partial charge in [-0.25, -0.2) is 0 Å². The fourth-order valence-corrected chi connectivity index (χ4v) is 4.38. The van der Waals surface area contributed by atoms with Crippen LogP contribution in [0.5, 0.6) is 11.5 Å². The van der Waals surface area contributed by atoms with Crippen molar-refractivity contribution in [1.29, 1.82) is 0 Å². The minimum Gasteiger partial charge on any atom is -0.456 e. The SMILES string of the molecule is CSc1ccc2c(c1)C(=C1CCN(CCC(C)=O)CC1)c1ccccc1O2. The quantitative estimate of drug-likeness (QED) is 0.568. The highest BCUT2D eigenvalue weighted by molar-refractivity contribution is 7.98. The Labute approximate surface area is 165 Å². The molecule has 2 aliphatic heterocycles. The first kappa shape index (κ1) is 18.3. The van der Waals surface area contributed by atoms with Gasteiger partial charge in [-0.1, -0.05) is 23.8 Å². The van der Waals surface area contributed by atoms with Crippen LogP contribution in [0.4, 0.5) is 0 Å². The number of Topliss-reactive ketones (excluding diaryl/α,β-unsaturated/α-hetero) is 1. The molecule has 0 aliphatic carbocycles. The van der Waals surface area contributed by atoms with E-state index in [0.717, 1.165) is 44.0 Å². The fourth-order valence-electron chi connectivity index (χ4n) is 3.94. The van der Waals surface area contributed by atoms with Crippen LogP contribution >= 0.6 is 11.8 Å². The van der Waals surface area contributed by atoms with Crippen molar-refractivity contribution in [2.45, 2.75) is 31.1 Å². The van der Waals surface area contributed by atoms with Crippen molar-refractivity contribution in [3.8, 4) is 11.5 Å². The van der Waals surface area contributed by atoms with Crippen molar-refractivity contribution in [1.82, 2.24) is 4.90 Å². The van der Waals surface area contributed by atoms with Gasteiger partial charge in [-0.3, -0.25) is 4.79 Å². The molecule has 0 atom stereocenters. The Morgan fingerprint density at radius 2 is 1.81 bits per heavy atom. The first-order chi connectivity index (χ1) is 13.2. The number of piperidine rings is 1. The molecule has 0 spiro atoms. The summed E-state index contributed by atoms with van der Waals surface area (Å²) in [4.78, 5) is 15.0. The third-order valence-corrected chi connectivity index (χ3v) is 6.15. The van der Waals surface area contributed by atoms with Crippen LogP contribution in [-0.4, -0.2) is 36.6 Å². The monoisotopic (exact) mass is 379 g/mol. The molecule has 0 unspecified atom stereocenters. The molecule has 3 nitrogen and oxygen atoms in total. The molecule has 0 saturated carbocycles. The van der Waals surface area contributed by atoms with Crippen molar-refractivity contribution < 1.29 is 9.53 Å². The van der Waals surface area contributed by atoms with E-state index in [1.807, 2.05) is 6.07 Å². The number of fused-ring (bicyclic) bond motifs is 2. The fraction of sp³-hybridized carbons (Fsp3) is 0.348. The number of benzene rings is 2. The summed E-state index contributed by atoms with van der Waals surface area (Å²) in [6.07, 6.45) is 4.86. The highest BCUT2D eigenvalue weighted by atomic mass is 32.2. The van der Waals surface area contributed by atoms with Crippen LogP contribution in [0.25, 0.3) is 5.57 Å². The third kappa shape index (κ3) is 3.83. The lowest BCUT2D eigenvalue weighted by Gasteiger charge is -2.32. The molecule has 27 heavy (non-hydrogen) atoms. The summed E-state index contributed by atoms with van der Waals surface area (Å²) in [7, 11) is 0. The van der Waals surface area contributed by atoms with E-state index in [4.69, 9.17) is 4.74 Å². The number of likely N-dealkylation sites (tertiary alicyclic amines) is 1. The van der Waals surface area contributed by atoms with Gasteiger partial charge >= 0.3 is 0 Å². The first-order valence-corrected chi connectivity index (χ1v) is 10.8. The molecule has 0 aromatic heterocycles. The summed E-state index contributed by atoms with van der Waals surface area (Å²) in [5.74, 6) is 2.17. The smallest absolute Gasteiger partial charge is 0.135 e. The summed E-state index contributed by atoms with van der Waals surface area (Å²) in [5.41, 5.74) is 5.28. The maximum absolute atomic E-state index is 11.3. The Kier molecular flexibility index (Phi) is 5.37. The molecule has 140 valence electrons. The molecule has 2 aromatic carbocycles. The van der Waals surface area contributed by atoms with Crippen molar-refractivity contribution in [3.05, 3.63) is 59.2 Å². The summed E-state index contributed by atoms with van der Waals surface area (Å²) in [6, 6.07) is 14.9. The van der Waals surface area contributed by atoms with Crippen LogP contribution in [-0.2, 0) is 4.79 Å². The van der Waals surface area contributed by atoms with Gasteiger partial charge in [0, 0.05) is 42.1 Å². The number of ether oxygens (including phenoxy) is 1. The van der Waals surface area contributed by atoms with E-state index >= 15 is 0 Å². The molecule has 0 radical (unpaired) electrons. The van der Waals surface area contributed by atoms with Gasteiger partial charge in [0.25, 0.3) is 0 Å². The first-order valence-electron chi connectivity index (χ1n) is 9.55. The van der Waals surface area contributed by atoms with Gasteiger partial charge in [-0.05, 0) is 55.9 Å². The van der Waals surface area contributed by atoms with Crippen molar-refractivity contribution in [2.24, 2.45) is 0 Å². The number of thioether (sulfide) groups is 1. The van der Waals surface area contributed by atoms with E-state index in [9.17, 15) is 4.79 Å². The number of carbonyl (C=O) groups excluding carboxylic acids is 1. The molecule has 2 aromatic rings. The second-order valence-corrected chi connectivity index (χ2v) is 8.11. The second kappa shape index (κ2) is 7.91. The average Bonchev–Trinajstić information content (AvgIpc) is 2.70. The Morgan fingerprint density at radius 1 is 1.07 bits per heavy atom. The molecule has 4 rings (SSSR count). The van der Waals surface area contributed by atoms with Crippen LogP contribution in [0.15, 0.2) is 52.9 Å². The van der Waals surface area contributed by atoms with Crippen LogP contribution in [0.3, 0.4) is 0 Å². The van der Waals surface area contributed by atoms with Gasteiger partial charge in [0.2, 0.25) is 0 Å². The number of carbonyl (C=O) groups is 1. The predicted molar refractivity (Wildman–Crippen MR) is 112 cm³/mol. The van der Waals surface area contributed by atoms with Crippen LogP contribution < -0.4 is 4.74 Å². The molecule has 0 amide bonds. The van der Waals surface area contributed by atoms with E-state index in [-0.39, 0.29) is 5.78 Å². The molecule has 1 fully saturated rings. The molecule has 2 heterocycles. The predicted octanol–water partition coefficient (Wildman–Crippen LogP) is 5.39. The molecule has 2 aliphatic rings. The van der Waals surface area contributed by atoms with E-state index in [0.29, 0.717) is 6.42 Å². The van der Waals surface area contributed by atoms with Crippen LogP contribution in [0.1, 0.15) is 37.3 Å². The van der Waals surface area contributed by atoms with Gasteiger partial charge in [0.15, 0.2) is 0 Å². The summed E-state index contributed by atoms with van der Waals surface area (Å²) < 4.78 is 6.19. The van der Waals surface area contributed by atoms with Crippen molar-refractivity contribution in [3.63, 3.8) is 0 Å². The number of nitrogens with zero attached hydrogens (tertiary/aromatic N) is 1. The Bertz CT molecular complexity index is 893. The summed E-state index contributed by atoms with van der Waals surface area (Å²) in [5, 5.41) is 0. The lowest BCUT2D eigenvalue weighted by atomic mass is 9.86. The van der Waals surface area contributed by atoms with Crippen LogP contribution in [0, 0.1) is 0 Å². The van der Waals surface area contributed by atoms with E-state index in [2.05, 4.69) is 47.6 Å².